The van der Waals surface area contributed by atoms with Gasteiger partial charge in [-0.25, -0.2) is 0 Å². The van der Waals surface area contributed by atoms with Crippen molar-refractivity contribution in [3.8, 4) is 0 Å². The van der Waals surface area contributed by atoms with E-state index in [0.29, 0.717) is 6.04 Å². The van der Waals surface area contributed by atoms with Gasteiger partial charge in [-0.2, -0.15) is 0 Å². The molecule has 2 saturated carbocycles. The monoisotopic (exact) mass is 257 g/mol. The summed E-state index contributed by atoms with van der Waals surface area (Å²) in [5, 5.41) is 0. The predicted molar refractivity (Wildman–Crippen MR) is 81.0 cm³/mol. The van der Waals surface area contributed by atoms with E-state index >= 15 is 0 Å². The lowest BCUT2D eigenvalue weighted by Gasteiger charge is -2.34. The summed E-state index contributed by atoms with van der Waals surface area (Å²) in [6.45, 7) is 2.31. The van der Waals surface area contributed by atoms with Crippen molar-refractivity contribution in [3.05, 3.63) is 35.9 Å². The van der Waals surface area contributed by atoms with Crippen LogP contribution in [0.2, 0.25) is 0 Å². The van der Waals surface area contributed by atoms with Crippen molar-refractivity contribution in [2.45, 2.75) is 57.4 Å². The molecule has 0 aromatic heterocycles. The normalized spacial score (nSPS) is 38.1. The van der Waals surface area contributed by atoms with Gasteiger partial charge in [-0.3, -0.25) is 0 Å². The van der Waals surface area contributed by atoms with Crippen LogP contribution in [0.25, 0.3) is 0 Å². The van der Waals surface area contributed by atoms with E-state index in [9.17, 15) is 0 Å². The van der Waals surface area contributed by atoms with E-state index in [1.54, 1.807) is 0 Å². The van der Waals surface area contributed by atoms with Crippen molar-refractivity contribution in [2.75, 3.05) is 0 Å². The van der Waals surface area contributed by atoms with Gasteiger partial charge in [0.15, 0.2) is 0 Å². The fraction of sp³-hybridized carbons (Fsp3) is 0.667. The Kier molecular flexibility index (Phi) is 3.93. The Labute approximate surface area is 117 Å². The summed E-state index contributed by atoms with van der Waals surface area (Å²) < 4.78 is 0. The molecule has 3 rings (SSSR count). The lowest BCUT2D eigenvalue weighted by atomic mass is 9.74. The third-order valence-corrected chi connectivity index (χ3v) is 5.38. The number of hydrogen-bond acceptors (Lipinski definition) is 1. The molecule has 1 aromatic rings. The van der Waals surface area contributed by atoms with E-state index in [4.69, 9.17) is 5.73 Å². The summed E-state index contributed by atoms with van der Waals surface area (Å²) in [6, 6.07) is 11.5. The SMILES string of the molecule is CCCC1CCC(N)C(C2CC2c2ccccc2)C1. The Hall–Kier alpha value is -0.820. The maximum atomic E-state index is 6.42. The van der Waals surface area contributed by atoms with E-state index in [1.807, 2.05) is 0 Å². The van der Waals surface area contributed by atoms with Crippen LogP contribution in [0.5, 0.6) is 0 Å². The molecule has 19 heavy (non-hydrogen) atoms. The molecule has 0 bridgehead atoms. The molecule has 0 saturated heterocycles. The zero-order valence-corrected chi connectivity index (χ0v) is 12.1. The smallest absolute Gasteiger partial charge is 0.00702 e. The van der Waals surface area contributed by atoms with Crippen LogP contribution in [-0.2, 0) is 0 Å². The van der Waals surface area contributed by atoms with E-state index in [0.717, 1.165) is 23.7 Å². The van der Waals surface area contributed by atoms with Crippen molar-refractivity contribution in [1.29, 1.82) is 0 Å². The number of benzene rings is 1. The minimum Gasteiger partial charge on any atom is -0.327 e. The first kappa shape index (κ1) is 13.2. The van der Waals surface area contributed by atoms with Crippen molar-refractivity contribution in [2.24, 2.45) is 23.5 Å². The fourth-order valence-corrected chi connectivity index (χ4v) is 4.25. The number of nitrogens with two attached hydrogens (primary N) is 1. The second kappa shape index (κ2) is 5.66. The van der Waals surface area contributed by atoms with E-state index in [1.165, 1.54) is 44.1 Å². The summed E-state index contributed by atoms with van der Waals surface area (Å²) in [5.41, 5.74) is 7.96. The summed E-state index contributed by atoms with van der Waals surface area (Å²) in [4.78, 5) is 0. The van der Waals surface area contributed by atoms with Crippen molar-refractivity contribution in [3.63, 3.8) is 0 Å². The molecule has 0 heterocycles. The van der Waals surface area contributed by atoms with Crippen LogP contribution in [0, 0.1) is 17.8 Å². The molecular formula is C18H27N. The highest BCUT2D eigenvalue weighted by molar-refractivity contribution is 5.26. The largest absolute Gasteiger partial charge is 0.327 e. The van der Waals surface area contributed by atoms with E-state index in [2.05, 4.69) is 37.3 Å². The third-order valence-electron chi connectivity index (χ3n) is 5.38. The van der Waals surface area contributed by atoms with Gasteiger partial charge in [-0.1, -0.05) is 50.1 Å². The van der Waals surface area contributed by atoms with Crippen molar-refractivity contribution in [1.82, 2.24) is 0 Å². The number of rotatable bonds is 4. The standard InChI is InChI=1S/C18H27N/c1-2-6-13-9-10-18(19)17(11-13)16-12-15(16)14-7-4-3-5-8-14/h3-5,7-8,13,15-18H,2,6,9-12,19H2,1H3. The summed E-state index contributed by atoms with van der Waals surface area (Å²) >= 11 is 0. The molecule has 0 radical (unpaired) electrons. The van der Waals surface area contributed by atoms with Gasteiger partial charge < -0.3 is 5.73 Å². The lowest BCUT2D eigenvalue weighted by Crippen LogP contribution is -2.37. The first-order valence-corrected chi connectivity index (χ1v) is 8.10. The predicted octanol–water partition coefficient (Wildman–Crippen LogP) is 4.33. The third kappa shape index (κ3) is 2.86. The zero-order chi connectivity index (χ0) is 13.2. The molecule has 5 atom stereocenters. The van der Waals surface area contributed by atoms with Crippen LogP contribution in [0.3, 0.4) is 0 Å². The van der Waals surface area contributed by atoms with Crippen LogP contribution >= 0.6 is 0 Å². The first-order chi connectivity index (χ1) is 9.29. The topological polar surface area (TPSA) is 26.0 Å². The molecule has 1 nitrogen and oxygen atoms in total. The van der Waals surface area contributed by atoms with Gasteiger partial charge in [0.2, 0.25) is 0 Å². The molecule has 104 valence electrons. The van der Waals surface area contributed by atoms with Crippen molar-refractivity contribution >= 4 is 0 Å². The second-order valence-electron chi connectivity index (χ2n) is 6.71. The quantitative estimate of drug-likeness (QED) is 0.853. The van der Waals surface area contributed by atoms with Crippen molar-refractivity contribution < 1.29 is 0 Å². The van der Waals surface area contributed by atoms with E-state index in [-0.39, 0.29) is 0 Å². The van der Waals surface area contributed by atoms with Gasteiger partial charge in [-0.05, 0) is 54.9 Å². The maximum Gasteiger partial charge on any atom is 0.00702 e. The van der Waals surface area contributed by atoms with Crippen LogP contribution in [0.1, 0.15) is 56.9 Å². The van der Waals surface area contributed by atoms with Gasteiger partial charge in [-0.15, -0.1) is 0 Å². The molecule has 0 amide bonds. The van der Waals surface area contributed by atoms with Crippen LogP contribution in [0.4, 0.5) is 0 Å². The minimum atomic E-state index is 0.465. The average Bonchev–Trinajstić information content (AvgIpc) is 3.22. The Morgan fingerprint density at radius 3 is 2.58 bits per heavy atom. The second-order valence-corrected chi connectivity index (χ2v) is 6.71. The van der Waals surface area contributed by atoms with Crippen LogP contribution < -0.4 is 5.73 Å². The molecule has 0 aliphatic heterocycles. The highest BCUT2D eigenvalue weighted by Gasteiger charge is 2.47. The van der Waals surface area contributed by atoms with Gasteiger partial charge in [0.05, 0.1) is 0 Å². The molecule has 5 unspecified atom stereocenters. The fourth-order valence-electron chi connectivity index (χ4n) is 4.25. The Morgan fingerprint density at radius 1 is 1.05 bits per heavy atom. The maximum absolute atomic E-state index is 6.42. The van der Waals surface area contributed by atoms with Crippen LogP contribution in [-0.4, -0.2) is 6.04 Å². The zero-order valence-electron chi connectivity index (χ0n) is 12.1. The molecule has 2 N–H and O–H groups in total. The van der Waals surface area contributed by atoms with E-state index < -0.39 is 0 Å². The molecule has 2 fully saturated rings. The molecule has 1 aromatic carbocycles. The first-order valence-electron chi connectivity index (χ1n) is 8.10. The van der Waals surface area contributed by atoms with Gasteiger partial charge in [0, 0.05) is 6.04 Å². The highest BCUT2D eigenvalue weighted by atomic mass is 14.7. The summed E-state index contributed by atoms with van der Waals surface area (Å²) in [6.07, 6.45) is 8.14. The number of hydrogen-bond donors (Lipinski definition) is 1. The van der Waals surface area contributed by atoms with Gasteiger partial charge in [0.25, 0.3) is 0 Å². The summed E-state index contributed by atoms with van der Waals surface area (Å²) in [7, 11) is 0. The summed E-state index contributed by atoms with van der Waals surface area (Å²) in [5.74, 6) is 3.41. The van der Waals surface area contributed by atoms with Gasteiger partial charge >= 0.3 is 0 Å². The molecule has 0 spiro atoms. The van der Waals surface area contributed by atoms with Crippen LogP contribution in [0.15, 0.2) is 30.3 Å². The molecular weight excluding hydrogens is 230 g/mol. The Morgan fingerprint density at radius 2 is 1.84 bits per heavy atom. The molecule has 1 heteroatoms. The Bertz CT molecular complexity index is 399. The molecule has 2 aliphatic rings. The average molecular weight is 257 g/mol. The highest BCUT2D eigenvalue weighted by Crippen LogP contribution is 2.55. The lowest BCUT2D eigenvalue weighted by molar-refractivity contribution is 0.199. The van der Waals surface area contributed by atoms with Gasteiger partial charge in [0.1, 0.15) is 0 Å². The minimum absolute atomic E-state index is 0.465. The Balaban J connectivity index is 1.63. The molecule has 2 aliphatic carbocycles.